The number of aliphatic hydroxyl groups is 1. The first-order valence-electron chi connectivity index (χ1n) is 25.4. The van der Waals surface area contributed by atoms with E-state index >= 15 is 0 Å². The van der Waals surface area contributed by atoms with Gasteiger partial charge in [0.2, 0.25) is 5.91 Å². The van der Waals surface area contributed by atoms with Crippen LogP contribution in [0.4, 0.5) is 0 Å². The first-order valence-corrected chi connectivity index (χ1v) is 26.9. The zero-order valence-corrected chi connectivity index (χ0v) is 41.1. The van der Waals surface area contributed by atoms with Crippen LogP contribution in [0.25, 0.3) is 0 Å². The van der Waals surface area contributed by atoms with Crippen molar-refractivity contribution < 1.29 is 37.9 Å². The average Bonchev–Trinajstić information content (AvgIpc) is 3.27. The molecule has 0 rings (SSSR count). The van der Waals surface area contributed by atoms with Crippen molar-refractivity contribution in [2.45, 2.75) is 225 Å². The van der Waals surface area contributed by atoms with Gasteiger partial charge in [-0.3, -0.25) is 18.6 Å². The van der Waals surface area contributed by atoms with Crippen LogP contribution in [0, 0.1) is 0 Å². The maximum Gasteiger partial charge on any atom is 0.472 e. The lowest BCUT2D eigenvalue weighted by Gasteiger charge is -2.15. The van der Waals surface area contributed by atoms with E-state index in [1.807, 2.05) is 0 Å². The molecule has 0 aromatic carbocycles. The van der Waals surface area contributed by atoms with Crippen LogP contribution in [-0.2, 0) is 27.9 Å². The highest BCUT2D eigenvalue weighted by molar-refractivity contribution is 7.47. The molecule has 0 spiro atoms. The van der Waals surface area contributed by atoms with E-state index in [9.17, 15) is 24.2 Å². The summed E-state index contributed by atoms with van der Waals surface area (Å²) >= 11 is 0. The molecular weight excluding hydrogens is 810 g/mol. The minimum atomic E-state index is -4.43. The Morgan fingerprint density at radius 2 is 0.857 bits per heavy atom. The van der Waals surface area contributed by atoms with Gasteiger partial charge in [-0.25, -0.2) is 4.57 Å². The molecule has 9 nitrogen and oxygen atoms in total. The van der Waals surface area contributed by atoms with Crippen molar-refractivity contribution in [2.24, 2.45) is 0 Å². The van der Waals surface area contributed by atoms with E-state index in [2.05, 4.69) is 92.1 Å². The van der Waals surface area contributed by atoms with Gasteiger partial charge in [-0.1, -0.05) is 189 Å². The number of esters is 1. The van der Waals surface area contributed by atoms with Gasteiger partial charge in [0.1, 0.15) is 12.7 Å². The zero-order chi connectivity index (χ0) is 46.0. The van der Waals surface area contributed by atoms with Crippen LogP contribution >= 0.6 is 7.82 Å². The molecule has 0 aliphatic carbocycles. The topological polar surface area (TPSA) is 131 Å². The molecule has 2 atom stereocenters. The van der Waals surface area contributed by atoms with Crippen molar-refractivity contribution in [2.75, 3.05) is 26.4 Å². The maximum atomic E-state index is 12.1. The summed E-state index contributed by atoms with van der Waals surface area (Å²) in [6.07, 6.45) is 61.2. The van der Waals surface area contributed by atoms with E-state index in [1.54, 1.807) is 0 Å². The smallest absolute Gasteiger partial charge is 0.463 e. The molecule has 0 aliphatic rings. The standard InChI is InChI=1S/C53H94NO8P/c1-3-5-7-9-11-13-15-17-19-21-23-24-25-26-28-30-32-34-36-38-40-42-44-46-53(57)60-49-51(55)50-62-63(58,59)61-48-47-54-52(56)45-43-41-39-37-35-33-31-29-27-22-20-18-16-14-12-10-8-6-4-2/h11-14,17-20,23-24,27,29,51,55H,3-10,15-16,21-22,25-26,28,30-50H2,1-2H3,(H,54,56)(H,58,59)/b13-11-,14-12-,19-17-,20-18-,24-23-,29-27-. The normalized spacial score (nSPS) is 13.8. The van der Waals surface area contributed by atoms with Gasteiger partial charge in [-0.2, -0.15) is 0 Å². The Balaban J connectivity index is 3.60. The minimum absolute atomic E-state index is 0.0710. The number of unbranched alkanes of at least 4 members (excludes halogenated alkanes) is 22. The Morgan fingerprint density at radius 3 is 1.29 bits per heavy atom. The highest BCUT2D eigenvalue weighted by atomic mass is 31.2. The van der Waals surface area contributed by atoms with Gasteiger partial charge in [0.25, 0.3) is 0 Å². The Bertz CT molecular complexity index is 1260. The molecule has 0 aromatic heterocycles. The second kappa shape index (κ2) is 48.9. The highest BCUT2D eigenvalue weighted by Crippen LogP contribution is 2.42. The number of phosphoric ester groups is 1. The van der Waals surface area contributed by atoms with Crippen LogP contribution in [0.3, 0.4) is 0 Å². The molecule has 10 heteroatoms. The van der Waals surface area contributed by atoms with Crippen molar-refractivity contribution in [3.05, 3.63) is 72.9 Å². The van der Waals surface area contributed by atoms with Crippen LogP contribution < -0.4 is 5.32 Å². The molecule has 0 radical (unpaired) electrons. The number of aliphatic hydroxyl groups excluding tert-OH is 1. The van der Waals surface area contributed by atoms with Gasteiger partial charge < -0.3 is 20.1 Å². The van der Waals surface area contributed by atoms with Crippen LogP contribution in [0.5, 0.6) is 0 Å². The second-order valence-electron chi connectivity index (χ2n) is 16.8. The summed E-state index contributed by atoms with van der Waals surface area (Å²) in [5, 5.41) is 12.7. The average molecular weight is 904 g/mol. The fourth-order valence-corrected chi connectivity index (χ4v) is 7.50. The molecule has 0 heterocycles. The van der Waals surface area contributed by atoms with Crippen LogP contribution in [-0.4, -0.2) is 54.3 Å². The summed E-state index contributed by atoms with van der Waals surface area (Å²) in [6, 6.07) is 0. The Hall–Kier alpha value is -2.55. The highest BCUT2D eigenvalue weighted by Gasteiger charge is 2.23. The fourth-order valence-electron chi connectivity index (χ4n) is 6.75. The number of allylic oxidation sites excluding steroid dienone is 12. The number of ether oxygens (including phenoxy) is 1. The first-order chi connectivity index (χ1) is 30.8. The maximum absolute atomic E-state index is 12.1. The number of carbonyl (C=O) groups is 2. The molecule has 0 bridgehead atoms. The quantitative estimate of drug-likeness (QED) is 0.0238. The molecule has 0 fully saturated rings. The number of nitrogens with one attached hydrogen (secondary N) is 1. The third-order valence-electron chi connectivity index (χ3n) is 10.6. The van der Waals surface area contributed by atoms with Crippen molar-refractivity contribution in [1.82, 2.24) is 5.32 Å². The van der Waals surface area contributed by atoms with Crippen molar-refractivity contribution in [1.29, 1.82) is 0 Å². The first kappa shape index (κ1) is 60.5. The third-order valence-corrected chi connectivity index (χ3v) is 11.6. The lowest BCUT2D eigenvalue weighted by molar-refractivity contribution is -0.147. The minimum Gasteiger partial charge on any atom is -0.463 e. The number of carbonyl (C=O) groups excluding carboxylic acids is 2. The van der Waals surface area contributed by atoms with Gasteiger partial charge in [0.05, 0.1) is 13.2 Å². The van der Waals surface area contributed by atoms with E-state index in [0.29, 0.717) is 6.42 Å². The molecule has 63 heavy (non-hydrogen) atoms. The molecule has 364 valence electrons. The van der Waals surface area contributed by atoms with Crippen molar-refractivity contribution in [3.8, 4) is 0 Å². The SMILES string of the molecule is CCCCC/C=C\C/C=C\C/C=C\CCCCCCCCCCCCC(=O)OCC(O)COP(=O)(O)OCCNC(=O)CCCCCCCC/C=C\C/C=C\C/C=C\CCCCC. The number of amides is 1. The third kappa shape index (κ3) is 50.3. The molecular formula is C53H94NO8P. The summed E-state index contributed by atoms with van der Waals surface area (Å²) in [7, 11) is -4.43. The van der Waals surface area contributed by atoms with Crippen LogP contribution in [0.1, 0.15) is 219 Å². The van der Waals surface area contributed by atoms with Gasteiger partial charge >= 0.3 is 13.8 Å². The number of rotatable bonds is 47. The zero-order valence-electron chi connectivity index (χ0n) is 40.3. The van der Waals surface area contributed by atoms with Gasteiger partial charge in [0.15, 0.2) is 0 Å². The summed E-state index contributed by atoms with van der Waals surface area (Å²) in [5.41, 5.74) is 0. The van der Waals surface area contributed by atoms with E-state index in [0.717, 1.165) is 77.0 Å². The molecule has 1 amide bonds. The van der Waals surface area contributed by atoms with Gasteiger partial charge in [-0.05, 0) is 89.9 Å². The van der Waals surface area contributed by atoms with Gasteiger partial charge in [0, 0.05) is 19.4 Å². The van der Waals surface area contributed by atoms with E-state index in [-0.39, 0.29) is 32.1 Å². The Morgan fingerprint density at radius 1 is 0.492 bits per heavy atom. The molecule has 2 unspecified atom stereocenters. The Labute approximate surface area is 386 Å². The molecule has 0 saturated heterocycles. The molecule has 0 aromatic rings. The summed E-state index contributed by atoms with van der Waals surface area (Å²) in [5.74, 6) is -0.534. The predicted molar refractivity (Wildman–Crippen MR) is 266 cm³/mol. The van der Waals surface area contributed by atoms with Gasteiger partial charge in [-0.15, -0.1) is 0 Å². The summed E-state index contributed by atoms with van der Waals surface area (Å²) < 4.78 is 27.0. The van der Waals surface area contributed by atoms with E-state index in [4.69, 9.17) is 13.8 Å². The predicted octanol–water partition coefficient (Wildman–Crippen LogP) is 15.0. The molecule has 0 aliphatic heterocycles. The number of phosphoric acid groups is 1. The monoisotopic (exact) mass is 904 g/mol. The number of hydrogen-bond acceptors (Lipinski definition) is 7. The molecule has 0 saturated carbocycles. The lowest BCUT2D eigenvalue weighted by Crippen LogP contribution is -2.27. The van der Waals surface area contributed by atoms with E-state index < -0.39 is 26.5 Å². The van der Waals surface area contributed by atoms with Crippen LogP contribution in [0.15, 0.2) is 72.9 Å². The summed E-state index contributed by atoms with van der Waals surface area (Å²) in [4.78, 5) is 34.1. The van der Waals surface area contributed by atoms with Crippen molar-refractivity contribution in [3.63, 3.8) is 0 Å². The van der Waals surface area contributed by atoms with E-state index in [1.165, 1.54) is 116 Å². The fraction of sp³-hybridized carbons (Fsp3) is 0.736. The summed E-state index contributed by atoms with van der Waals surface area (Å²) in [6.45, 7) is 3.49. The largest absolute Gasteiger partial charge is 0.472 e. The Kier molecular flexibility index (Phi) is 46.9. The van der Waals surface area contributed by atoms with Crippen molar-refractivity contribution >= 4 is 19.7 Å². The lowest BCUT2D eigenvalue weighted by atomic mass is 10.1. The number of hydrogen-bond donors (Lipinski definition) is 3. The molecule has 3 N–H and O–H groups in total. The second-order valence-corrected chi connectivity index (χ2v) is 18.2. The van der Waals surface area contributed by atoms with Crippen LogP contribution in [0.2, 0.25) is 0 Å².